The molecule has 0 amide bonds. The van der Waals surface area contributed by atoms with Crippen molar-refractivity contribution in [2.45, 2.75) is 25.9 Å². The first-order valence-corrected chi connectivity index (χ1v) is 6.93. The maximum atomic E-state index is 3.86. The van der Waals surface area contributed by atoms with Crippen molar-refractivity contribution in [1.29, 1.82) is 0 Å². The third-order valence-electron chi connectivity index (χ3n) is 3.07. The quantitative estimate of drug-likeness (QED) is 0.683. The average molecular weight is 258 g/mol. The van der Waals surface area contributed by atoms with E-state index >= 15 is 0 Å². The second-order valence-corrected chi connectivity index (χ2v) is 5.02. The van der Waals surface area contributed by atoms with Crippen LogP contribution in [-0.4, -0.2) is 30.6 Å². The summed E-state index contributed by atoms with van der Waals surface area (Å²) in [6, 6.07) is 11.5. The number of nitrogens with one attached hydrogen (secondary N) is 1. The normalized spacial score (nSPS) is 12.6. The van der Waals surface area contributed by atoms with Gasteiger partial charge in [-0.2, -0.15) is 0 Å². The van der Waals surface area contributed by atoms with Crippen molar-refractivity contribution >= 4 is 0 Å². The molecule has 0 fully saturated rings. The molecule has 0 aliphatic carbocycles. The third kappa shape index (κ3) is 5.41. The zero-order chi connectivity index (χ0) is 14.1. The molecule has 2 heteroatoms. The van der Waals surface area contributed by atoms with Gasteiger partial charge in [-0.25, -0.2) is 0 Å². The summed E-state index contributed by atoms with van der Waals surface area (Å²) in [5.74, 6) is 0. The van der Waals surface area contributed by atoms with E-state index in [0.29, 0.717) is 12.1 Å². The largest absolute Gasteiger partial charge is 0.313 e. The first kappa shape index (κ1) is 15.7. The lowest BCUT2D eigenvalue weighted by molar-refractivity contribution is 0.232. The zero-order valence-corrected chi connectivity index (χ0v) is 12.2. The van der Waals surface area contributed by atoms with Crippen molar-refractivity contribution in [2.24, 2.45) is 0 Å². The minimum absolute atomic E-state index is 0.347. The zero-order valence-electron chi connectivity index (χ0n) is 12.2. The topological polar surface area (TPSA) is 15.3 Å². The molecule has 1 N–H and O–H groups in total. The van der Waals surface area contributed by atoms with Crippen LogP contribution in [0.25, 0.3) is 0 Å². The minimum Gasteiger partial charge on any atom is -0.313 e. The molecule has 0 aromatic heterocycles. The second-order valence-electron chi connectivity index (χ2n) is 5.02. The lowest BCUT2D eigenvalue weighted by atomic mass is 10.0. The summed E-state index contributed by atoms with van der Waals surface area (Å²) in [4.78, 5) is 2.38. The van der Waals surface area contributed by atoms with E-state index in [0.717, 1.165) is 19.6 Å². The van der Waals surface area contributed by atoms with Gasteiger partial charge >= 0.3 is 0 Å². The van der Waals surface area contributed by atoms with Crippen LogP contribution < -0.4 is 5.32 Å². The molecule has 0 spiro atoms. The number of nitrogens with zero attached hydrogens (tertiary/aromatic N) is 1. The van der Waals surface area contributed by atoms with Gasteiger partial charge in [0.1, 0.15) is 0 Å². The summed E-state index contributed by atoms with van der Waals surface area (Å²) >= 11 is 0. The molecule has 19 heavy (non-hydrogen) atoms. The maximum absolute atomic E-state index is 3.86. The van der Waals surface area contributed by atoms with Gasteiger partial charge in [0, 0.05) is 31.7 Å². The molecular weight excluding hydrogens is 232 g/mol. The molecule has 2 nitrogen and oxygen atoms in total. The van der Waals surface area contributed by atoms with E-state index in [-0.39, 0.29) is 0 Å². The Kier molecular flexibility index (Phi) is 7.16. The molecule has 0 aliphatic heterocycles. The number of hydrogen-bond donors (Lipinski definition) is 1. The molecular formula is C17H26N2. The fourth-order valence-electron chi connectivity index (χ4n) is 2.14. The molecule has 0 aliphatic rings. The molecule has 1 rings (SSSR count). The number of hydrogen-bond acceptors (Lipinski definition) is 2. The summed E-state index contributed by atoms with van der Waals surface area (Å²) < 4.78 is 0. The highest BCUT2D eigenvalue weighted by Gasteiger charge is 2.18. The van der Waals surface area contributed by atoms with Gasteiger partial charge < -0.3 is 5.32 Å². The summed E-state index contributed by atoms with van der Waals surface area (Å²) in [6.07, 6.45) is 3.91. The van der Waals surface area contributed by atoms with Crippen LogP contribution in [0.5, 0.6) is 0 Å². The highest BCUT2D eigenvalue weighted by molar-refractivity contribution is 5.20. The Balaban J connectivity index is 2.88. The van der Waals surface area contributed by atoms with Gasteiger partial charge in [-0.05, 0) is 5.56 Å². The molecule has 0 saturated carbocycles. The van der Waals surface area contributed by atoms with Gasteiger partial charge in [-0.1, -0.05) is 56.3 Å². The Morgan fingerprint density at radius 1 is 1.11 bits per heavy atom. The van der Waals surface area contributed by atoms with Gasteiger partial charge in [0.05, 0.1) is 0 Å². The fourth-order valence-corrected chi connectivity index (χ4v) is 2.14. The van der Waals surface area contributed by atoms with E-state index < -0.39 is 0 Å². The van der Waals surface area contributed by atoms with Crippen molar-refractivity contribution < 1.29 is 0 Å². The van der Waals surface area contributed by atoms with E-state index in [1.54, 1.807) is 0 Å². The van der Waals surface area contributed by atoms with Crippen molar-refractivity contribution in [3.8, 4) is 0 Å². The number of benzene rings is 1. The second kappa shape index (κ2) is 8.68. The molecule has 1 aromatic rings. The van der Waals surface area contributed by atoms with Crippen molar-refractivity contribution in [2.75, 3.05) is 19.6 Å². The van der Waals surface area contributed by atoms with Crippen LogP contribution in [0.4, 0.5) is 0 Å². The minimum atomic E-state index is 0.347. The number of rotatable bonds is 9. The van der Waals surface area contributed by atoms with E-state index in [1.165, 1.54) is 5.56 Å². The van der Waals surface area contributed by atoms with E-state index in [2.05, 4.69) is 67.6 Å². The fraction of sp³-hybridized carbons (Fsp3) is 0.412. The first-order chi connectivity index (χ1) is 9.19. The molecule has 0 heterocycles. The predicted octanol–water partition coefficient (Wildman–Crippen LogP) is 3.40. The van der Waals surface area contributed by atoms with E-state index in [1.807, 2.05) is 12.2 Å². The van der Waals surface area contributed by atoms with E-state index in [9.17, 15) is 0 Å². The third-order valence-corrected chi connectivity index (χ3v) is 3.07. The Labute approximate surface area is 117 Å². The lowest BCUT2D eigenvalue weighted by Crippen LogP contribution is -2.38. The van der Waals surface area contributed by atoms with Crippen molar-refractivity contribution in [3.05, 3.63) is 61.2 Å². The van der Waals surface area contributed by atoms with Crippen molar-refractivity contribution in [1.82, 2.24) is 10.2 Å². The van der Waals surface area contributed by atoms with Gasteiger partial charge in [0.15, 0.2) is 0 Å². The van der Waals surface area contributed by atoms with Crippen LogP contribution in [0, 0.1) is 0 Å². The summed E-state index contributed by atoms with van der Waals surface area (Å²) in [5.41, 5.74) is 1.33. The van der Waals surface area contributed by atoms with Crippen LogP contribution in [0.3, 0.4) is 0 Å². The highest BCUT2D eigenvalue weighted by Crippen LogP contribution is 2.20. The van der Waals surface area contributed by atoms with Gasteiger partial charge in [0.25, 0.3) is 0 Å². The molecule has 0 bridgehead atoms. The molecule has 0 radical (unpaired) electrons. The molecule has 104 valence electrons. The molecule has 1 aromatic carbocycles. The highest BCUT2D eigenvalue weighted by atomic mass is 15.2. The summed E-state index contributed by atoms with van der Waals surface area (Å²) in [5, 5.41) is 3.53. The van der Waals surface area contributed by atoms with Crippen LogP contribution in [-0.2, 0) is 0 Å². The standard InChI is InChI=1S/C17H26N2/c1-5-12-19(13-6-2)17(14-18-15(3)4)16-10-8-7-9-11-16/h5-11,15,17-18H,1-2,12-14H2,3-4H3. The summed E-state index contributed by atoms with van der Waals surface area (Å²) in [6.45, 7) is 14.7. The van der Waals surface area contributed by atoms with Crippen LogP contribution in [0.1, 0.15) is 25.5 Å². The molecule has 1 unspecified atom stereocenters. The van der Waals surface area contributed by atoms with Gasteiger partial charge in [-0.15, -0.1) is 13.2 Å². The van der Waals surface area contributed by atoms with Gasteiger partial charge in [0.2, 0.25) is 0 Å². The Hall–Kier alpha value is -1.38. The Morgan fingerprint density at radius 3 is 2.16 bits per heavy atom. The first-order valence-electron chi connectivity index (χ1n) is 6.93. The van der Waals surface area contributed by atoms with Crippen LogP contribution in [0.2, 0.25) is 0 Å². The predicted molar refractivity (Wildman–Crippen MR) is 84.3 cm³/mol. The molecule has 1 atom stereocenters. The molecule has 0 saturated heterocycles. The van der Waals surface area contributed by atoms with Crippen molar-refractivity contribution in [3.63, 3.8) is 0 Å². The van der Waals surface area contributed by atoms with Crippen LogP contribution >= 0.6 is 0 Å². The van der Waals surface area contributed by atoms with Crippen LogP contribution in [0.15, 0.2) is 55.6 Å². The van der Waals surface area contributed by atoms with Gasteiger partial charge in [-0.3, -0.25) is 4.90 Å². The maximum Gasteiger partial charge on any atom is 0.0479 e. The Bertz CT molecular complexity index is 360. The SMILES string of the molecule is C=CCN(CC=C)C(CNC(C)C)c1ccccc1. The monoisotopic (exact) mass is 258 g/mol. The smallest absolute Gasteiger partial charge is 0.0479 e. The lowest BCUT2D eigenvalue weighted by Gasteiger charge is -2.31. The average Bonchev–Trinajstić information content (AvgIpc) is 2.40. The summed E-state index contributed by atoms with van der Waals surface area (Å²) in [7, 11) is 0. The Morgan fingerprint density at radius 2 is 1.68 bits per heavy atom. The van der Waals surface area contributed by atoms with E-state index in [4.69, 9.17) is 0 Å².